The standard InChI is InChI=1S/C14H15ClFNO3/c1-8(14(19)20)7-17(10-3-4-10)13(18)11-6-9(15)2-5-12(11)16/h2,5-6,8,10H,3-4,7H2,1H3,(H,19,20)/t8-/m0/s1. The van der Waals surface area contributed by atoms with E-state index in [9.17, 15) is 14.0 Å². The molecule has 0 aliphatic heterocycles. The SMILES string of the molecule is C[C@@H](CN(C(=O)c1cc(Cl)ccc1F)C1CC1)C(=O)O. The molecule has 6 heteroatoms. The van der Waals surface area contributed by atoms with E-state index in [-0.39, 0.29) is 23.2 Å². The van der Waals surface area contributed by atoms with Crippen LogP contribution < -0.4 is 0 Å². The van der Waals surface area contributed by atoms with Crippen LogP contribution in [-0.2, 0) is 4.79 Å². The lowest BCUT2D eigenvalue weighted by Gasteiger charge is -2.24. The molecule has 1 saturated carbocycles. The van der Waals surface area contributed by atoms with Crippen LogP contribution in [0.5, 0.6) is 0 Å². The number of carbonyl (C=O) groups is 2. The van der Waals surface area contributed by atoms with Gasteiger partial charge in [0.15, 0.2) is 0 Å². The summed E-state index contributed by atoms with van der Waals surface area (Å²) >= 11 is 5.79. The van der Waals surface area contributed by atoms with Gasteiger partial charge in [-0.2, -0.15) is 0 Å². The summed E-state index contributed by atoms with van der Waals surface area (Å²) in [5.41, 5.74) is -0.109. The maximum atomic E-state index is 13.7. The summed E-state index contributed by atoms with van der Waals surface area (Å²) in [5, 5.41) is 9.23. The fraction of sp³-hybridized carbons (Fsp3) is 0.429. The van der Waals surface area contributed by atoms with Gasteiger partial charge in [0.1, 0.15) is 5.82 Å². The van der Waals surface area contributed by atoms with Crippen LogP contribution in [0.2, 0.25) is 5.02 Å². The summed E-state index contributed by atoms with van der Waals surface area (Å²) < 4.78 is 13.7. The van der Waals surface area contributed by atoms with E-state index in [1.807, 2.05) is 0 Å². The lowest BCUT2D eigenvalue weighted by molar-refractivity contribution is -0.141. The molecule has 0 heterocycles. The second-order valence-electron chi connectivity index (χ2n) is 5.05. The van der Waals surface area contributed by atoms with Crippen molar-refractivity contribution in [2.45, 2.75) is 25.8 Å². The summed E-state index contributed by atoms with van der Waals surface area (Å²) in [6, 6.07) is 3.79. The Morgan fingerprint density at radius 3 is 2.70 bits per heavy atom. The molecule has 0 bridgehead atoms. The Balaban J connectivity index is 2.23. The zero-order valence-corrected chi connectivity index (χ0v) is 11.7. The molecule has 0 aromatic heterocycles. The number of rotatable bonds is 5. The molecule has 1 fully saturated rings. The highest BCUT2D eigenvalue weighted by atomic mass is 35.5. The molecule has 0 radical (unpaired) electrons. The number of nitrogens with zero attached hydrogens (tertiary/aromatic N) is 1. The van der Waals surface area contributed by atoms with Crippen LogP contribution in [0.3, 0.4) is 0 Å². The van der Waals surface area contributed by atoms with Crippen molar-refractivity contribution in [3.63, 3.8) is 0 Å². The number of hydrogen-bond donors (Lipinski definition) is 1. The number of carboxylic acids is 1. The summed E-state index contributed by atoms with van der Waals surface area (Å²) in [6.45, 7) is 1.60. The van der Waals surface area contributed by atoms with Crippen molar-refractivity contribution in [2.24, 2.45) is 5.92 Å². The molecule has 0 spiro atoms. The number of carboxylic acid groups (broad SMARTS) is 1. The number of carbonyl (C=O) groups excluding carboxylic acids is 1. The van der Waals surface area contributed by atoms with E-state index < -0.39 is 23.6 Å². The van der Waals surface area contributed by atoms with Gasteiger partial charge in [-0.3, -0.25) is 9.59 Å². The average molecular weight is 300 g/mol. The van der Waals surface area contributed by atoms with Crippen molar-refractivity contribution < 1.29 is 19.1 Å². The Kier molecular flexibility index (Phi) is 4.28. The van der Waals surface area contributed by atoms with Crippen molar-refractivity contribution >= 4 is 23.5 Å². The first-order chi connectivity index (χ1) is 9.40. The number of halogens is 2. The van der Waals surface area contributed by atoms with E-state index in [2.05, 4.69) is 0 Å². The van der Waals surface area contributed by atoms with E-state index in [4.69, 9.17) is 16.7 Å². The topological polar surface area (TPSA) is 57.6 Å². The molecule has 1 aromatic carbocycles. The maximum absolute atomic E-state index is 13.7. The third-order valence-electron chi connectivity index (χ3n) is 3.30. The van der Waals surface area contributed by atoms with Crippen LogP contribution in [0, 0.1) is 11.7 Å². The molecule has 1 amide bonds. The Bertz CT molecular complexity index is 545. The van der Waals surface area contributed by atoms with Crippen molar-refractivity contribution in [2.75, 3.05) is 6.54 Å². The molecule has 4 nitrogen and oxygen atoms in total. The predicted molar refractivity (Wildman–Crippen MR) is 72.3 cm³/mol. The smallest absolute Gasteiger partial charge is 0.308 e. The molecule has 1 aliphatic rings. The Morgan fingerprint density at radius 1 is 1.50 bits per heavy atom. The molecular weight excluding hydrogens is 285 g/mol. The molecule has 1 N–H and O–H groups in total. The number of hydrogen-bond acceptors (Lipinski definition) is 2. The monoisotopic (exact) mass is 299 g/mol. The van der Waals surface area contributed by atoms with Gasteiger partial charge in [0.2, 0.25) is 0 Å². The molecule has 1 atom stereocenters. The second-order valence-corrected chi connectivity index (χ2v) is 5.49. The highest BCUT2D eigenvalue weighted by Gasteiger charge is 2.35. The maximum Gasteiger partial charge on any atom is 0.308 e. The van der Waals surface area contributed by atoms with Crippen LogP contribution in [0.1, 0.15) is 30.1 Å². The van der Waals surface area contributed by atoms with Gasteiger partial charge < -0.3 is 10.0 Å². The zero-order valence-electron chi connectivity index (χ0n) is 11.0. The van der Waals surface area contributed by atoms with E-state index in [1.54, 1.807) is 0 Å². The quantitative estimate of drug-likeness (QED) is 0.909. The number of aliphatic carboxylic acids is 1. The van der Waals surface area contributed by atoms with Crippen LogP contribution >= 0.6 is 11.6 Å². The van der Waals surface area contributed by atoms with Gasteiger partial charge in [-0.15, -0.1) is 0 Å². The fourth-order valence-electron chi connectivity index (χ4n) is 1.97. The molecular formula is C14H15ClFNO3. The molecule has 1 aromatic rings. The first-order valence-corrected chi connectivity index (χ1v) is 6.76. The Labute approximate surface area is 121 Å². The molecule has 108 valence electrons. The third-order valence-corrected chi connectivity index (χ3v) is 3.53. The Hall–Kier alpha value is -1.62. The van der Waals surface area contributed by atoms with Gasteiger partial charge in [0.25, 0.3) is 5.91 Å². The van der Waals surface area contributed by atoms with Gasteiger partial charge in [-0.25, -0.2) is 4.39 Å². The van der Waals surface area contributed by atoms with Crippen molar-refractivity contribution in [1.29, 1.82) is 0 Å². The summed E-state index contributed by atoms with van der Waals surface area (Å²) in [4.78, 5) is 24.8. The molecule has 2 rings (SSSR count). The minimum absolute atomic E-state index is 0.00248. The molecule has 20 heavy (non-hydrogen) atoms. The van der Waals surface area contributed by atoms with E-state index in [0.29, 0.717) is 0 Å². The van der Waals surface area contributed by atoms with Crippen LogP contribution in [0.15, 0.2) is 18.2 Å². The third kappa shape index (κ3) is 3.28. The molecule has 1 aliphatic carbocycles. The average Bonchev–Trinajstić information content (AvgIpc) is 3.22. The largest absolute Gasteiger partial charge is 0.481 e. The number of benzene rings is 1. The van der Waals surface area contributed by atoms with Gasteiger partial charge in [0, 0.05) is 17.6 Å². The highest BCUT2D eigenvalue weighted by Crippen LogP contribution is 2.30. The van der Waals surface area contributed by atoms with E-state index >= 15 is 0 Å². The summed E-state index contributed by atoms with van der Waals surface area (Å²) in [6.07, 6.45) is 1.64. The van der Waals surface area contributed by atoms with Gasteiger partial charge in [-0.05, 0) is 31.0 Å². The highest BCUT2D eigenvalue weighted by molar-refractivity contribution is 6.31. The molecule has 0 saturated heterocycles. The van der Waals surface area contributed by atoms with Crippen molar-refractivity contribution in [1.82, 2.24) is 4.90 Å². The minimum atomic E-state index is -0.977. The van der Waals surface area contributed by atoms with Crippen LogP contribution in [0.25, 0.3) is 0 Å². The van der Waals surface area contributed by atoms with Crippen molar-refractivity contribution in [3.8, 4) is 0 Å². The number of amides is 1. The predicted octanol–water partition coefficient (Wildman–Crippen LogP) is 2.80. The normalized spacial score (nSPS) is 15.8. The van der Waals surface area contributed by atoms with E-state index in [1.165, 1.54) is 24.0 Å². The van der Waals surface area contributed by atoms with Gasteiger partial charge >= 0.3 is 5.97 Å². The van der Waals surface area contributed by atoms with Gasteiger partial charge in [-0.1, -0.05) is 18.5 Å². The summed E-state index contributed by atoms with van der Waals surface area (Å²) in [5.74, 6) is -2.81. The minimum Gasteiger partial charge on any atom is -0.481 e. The van der Waals surface area contributed by atoms with Gasteiger partial charge in [0.05, 0.1) is 11.5 Å². The second kappa shape index (κ2) is 5.79. The first kappa shape index (κ1) is 14.8. The lowest BCUT2D eigenvalue weighted by atomic mass is 10.1. The Morgan fingerprint density at radius 2 is 2.15 bits per heavy atom. The van der Waals surface area contributed by atoms with Crippen LogP contribution in [-0.4, -0.2) is 34.5 Å². The summed E-state index contributed by atoms with van der Waals surface area (Å²) in [7, 11) is 0. The van der Waals surface area contributed by atoms with E-state index in [0.717, 1.165) is 18.9 Å². The molecule has 0 unspecified atom stereocenters. The van der Waals surface area contributed by atoms with Crippen molar-refractivity contribution in [3.05, 3.63) is 34.6 Å². The lowest BCUT2D eigenvalue weighted by Crippen LogP contribution is -2.39. The first-order valence-electron chi connectivity index (χ1n) is 6.39. The van der Waals surface area contributed by atoms with Crippen LogP contribution in [0.4, 0.5) is 4.39 Å². The fourth-order valence-corrected chi connectivity index (χ4v) is 2.15. The zero-order chi connectivity index (χ0) is 14.9.